The molecule has 2 atom stereocenters. The average molecular weight is 983 g/mol. The molecule has 0 aliphatic heterocycles. The van der Waals surface area contributed by atoms with E-state index in [1.54, 1.807) is 13.8 Å². The fourth-order valence-electron chi connectivity index (χ4n) is 4.97. The Morgan fingerprint density at radius 2 is 0.815 bits per heavy atom. The van der Waals surface area contributed by atoms with E-state index in [0.29, 0.717) is 5.75 Å². The van der Waals surface area contributed by atoms with Crippen molar-refractivity contribution in [2.24, 2.45) is 0 Å². The predicted molar refractivity (Wildman–Crippen MR) is 233 cm³/mol. The van der Waals surface area contributed by atoms with E-state index in [0.717, 1.165) is 10.6 Å². The van der Waals surface area contributed by atoms with Crippen LogP contribution < -0.4 is 9.47 Å². The molecule has 0 saturated heterocycles. The van der Waals surface area contributed by atoms with E-state index in [-0.39, 0.29) is 55.2 Å². The van der Waals surface area contributed by atoms with Crippen LogP contribution in [0.25, 0.3) is 0 Å². The Hall–Kier alpha value is -3.98. The van der Waals surface area contributed by atoms with Crippen LogP contribution in [0.4, 0.5) is 0 Å². The third-order valence-electron chi connectivity index (χ3n) is 7.54. The zero-order valence-electron chi connectivity index (χ0n) is 29.8. The predicted octanol–water partition coefficient (Wildman–Crippen LogP) is 11.0. The fraction of sp³-hybridized carbons (Fsp3) is 0.136. The van der Waals surface area contributed by atoms with Crippen LogP contribution in [0.3, 0.4) is 0 Å². The van der Waals surface area contributed by atoms with Gasteiger partial charge < -0.3 is 18.9 Å². The van der Waals surface area contributed by atoms with Crippen LogP contribution in [0.2, 0.25) is 0 Å². The molecule has 0 saturated carbocycles. The van der Waals surface area contributed by atoms with Gasteiger partial charge in [-0.15, -0.1) is 0 Å². The Balaban J connectivity index is 0.000000208. The summed E-state index contributed by atoms with van der Waals surface area (Å²) in [5, 5.41) is 0. The van der Waals surface area contributed by atoms with Crippen LogP contribution in [-0.4, -0.2) is 33.4 Å². The summed E-state index contributed by atoms with van der Waals surface area (Å²) in [6.07, 6.45) is 0. The van der Waals surface area contributed by atoms with E-state index in [1.807, 2.05) is 124 Å². The molecule has 0 bridgehead atoms. The molecular formula is C44H40I2O6S2+2. The van der Waals surface area contributed by atoms with Gasteiger partial charge in [0.1, 0.15) is 24.5 Å². The lowest BCUT2D eigenvalue weighted by molar-refractivity contribution is -0.149. The topological polar surface area (TPSA) is 71.1 Å². The minimum absolute atomic E-state index is 0.0748. The molecule has 6 aromatic carbocycles. The second kappa shape index (κ2) is 21.8. The molecule has 10 heteroatoms. The van der Waals surface area contributed by atoms with Crippen LogP contribution in [0.5, 0.6) is 11.5 Å². The van der Waals surface area contributed by atoms with Crippen molar-refractivity contribution in [2.75, 3.05) is 13.6 Å². The maximum Gasteiger partial charge on any atom is 0.321 e. The Morgan fingerprint density at radius 1 is 0.463 bits per heavy atom. The summed E-state index contributed by atoms with van der Waals surface area (Å²) in [7, 11) is -0.500. The second-order valence-corrected chi connectivity index (χ2v) is 19.2. The first-order chi connectivity index (χ1) is 26.3. The third kappa shape index (κ3) is 12.3. The summed E-state index contributed by atoms with van der Waals surface area (Å²) in [4.78, 5) is 30.4. The SMILES string of the molecule is CC(I)C(=O)OCOc1ccc([S+](c2ccccc2)c2ccccc2)cc1.CC(I)C(=O)OCOc1ccccc1[S+](c1ccccc1)c1ccccc1. The first-order valence-electron chi connectivity index (χ1n) is 17.1. The average Bonchev–Trinajstić information content (AvgIpc) is 3.21. The molecule has 0 spiro atoms. The highest BCUT2D eigenvalue weighted by molar-refractivity contribution is 14.1. The minimum Gasteiger partial charge on any atom is -0.457 e. The maximum absolute atomic E-state index is 11.7. The number of hydrogen-bond acceptors (Lipinski definition) is 6. The van der Waals surface area contributed by atoms with Crippen LogP contribution in [0.1, 0.15) is 13.8 Å². The van der Waals surface area contributed by atoms with Gasteiger partial charge in [-0.1, -0.05) is 130 Å². The van der Waals surface area contributed by atoms with Crippen molar-refractivity contribution < 1.29 is 28.5 Å². The summed E-state index contributed by atoms with van der Waals surface area (Å²) in [6, 6.07) is 57.6. The zero-order valence-corrected chi connectivity index (χ0v) is 35.7. The van der Waals surface area contributed by atoms with Crippen molar-refractivity contribution in [1.82, 2.24) is 0 Å². The molecule has 6 aromatic rings. The summed E-state index contributed by atoms with van der Waals surface area (Å²) < 4.78 is 21.2. The van der Waals surface area contributed by atoms with Crippen LogP contribution in [0, 0.1) is 0 Å². The number of halogens is 2. The van der Waals surface area contributed by atoms with Crippen LogP contribution in [-0.2, 0) is 40.9 Å². The van der Waals surface area contributed by atoms with Gasteiger partial charge >= 0.3 is 11.9 Å². The number of alkyl halides is 2. The van der Waals surface area contributed by atoms with Crippen molar-refractivity contribution in [1.29, 1.82) is 0 Å². The normalized spacial score (nSPS) is 11.8. The molecule has 0 heterocycles. The van der Waals surface area contributed by atoms with Gasteiger partial charge in [0.05, 0.1) is 10.9 Å². The molecule has 0 fully saturated rings. The van der Waals surface area contributed by atoms with Crippen molar-refractivity contribution in [3.8, 4) is 11.5 Å². The van der Waals surface area contributed by atoms with Gasteiger partial charge in [-0.05, 0) is 98.8 Å². The fourth-order valence-corrected chi connectivity index (χ4v) is 9.60. The van der Waals surface area contributed by atoms with E-state index < -0.39 is 0 Å². The van der Waals surface area contributed by atoms with Gasteiger partial charge in [0.25, 0.3) is 0 Å². The first-order valence-corrected chi connectivity index (χ1v) is 22.0. The number of esters is 2. The monoisotopic (exact) mass is 982 g/mol. The summed E-state index contributed by atoms with van der Waals surface area (Å²) in [5.74, 6) is 0.847. The van der Waals surface area contributed by atoms with E-state index in [2.05, 4.69) is 91.0 Å². The number of rotatable bonds is 14. The van der Waals surface area contributed by atoms with Gasteiger partial charge in [0, 0.05) is 0 Å². The number of ether oxygens (including phenoxy) is 4. The molecule has 0 aliphatic rings. The smallest absolute Gasteiger partial charge is 0.321 e. The number of carbonyl (C=O) groups excluding carboxylic acids is 2. The molecule has 0 aliphatic carbocycles. The Labute approximate surface area is 350 Å². The first kappa shape index (κ1) is 41.2. The lowest BCUT2D eigenvalue weighted by Crippen LogP contribution is -2.17. The summed E-state index contributed by atoms with van der Waals surface area (Å²) >= 11 is 4.04. The molecular weight excluding hydrogens is 942 g/mol. The molecule has 2 unspecified atom stereocenters. The Bertz CT molecular complexity index is 1940. The van der Waals surface area contributed by atoms with Crippen LogP contribution >= 0.6 is 45.2 Å². The van der Waals surface area contributed by atoms with E-state index in [4.69, 9.17) is 18.9 Å². The largest absolute Gasteiger partial charge is 0.457 e. The van der Waals surface area contributed by atoms with E-state index >= 15 is 0 Å². The van der Waals surface area contributed by atoms with Gasteiger partial charge in [-0.3, -0.25) is 9.59 Å². The maximum atomic E-state index is 11.7. The number of carbonyl (C=O) groups is 2. The Morgan fingerprint density at radius 3 is 1.24 bits per heavy atom. The molecule has 6 rings (SSSR count). The quantitative estimate of drug-likeness (QED) is 0.0356. The van der Waals surface area contributed by atoms with Gasteiger partial charge in [0.15, 0.2) is 30.2 Å². The van der Waals surface area contributed by atoms with Crippen LogP contribution in [0.15, 0.2) is 199 Å². The van der Waals surface area contributed by atoms with E-state index in [1.165, 1.54) is 24.5 Å². The number of benzene rings is 6. The second-order valence-electron chi connectivity index (χ2n) is 11.5. The minimum atomic E-state index is -0.316. The molecule has 0 aromatic heterocycles. The van der Waals surface area contributed by atoms with Crippen molar-refractivity contribution in [3.05, 3.63) is 170 Å². The van der Waals surface area contributed by atoms with Gasteiger partial charge in [-0.2, -0.15) is 0 Å². The number of hydrogen-bond donors (Lipinski definition) is 0. The molecule has 6 nitrogen and oxygen atoms in total. The van der Waals surface area contributed by atoms with Crippen molar-refractivity contribution in [3.63, 3.8) is 0 Å². The van der Waals surface area contributed by atoms with E-state index in [9.17, 15) is 9.59 Å². The lowest BCUT2D eigenvalue weighted by Gasteiger charge is -2.13. The number of para-hydroxylation sites is 1. The summed E-state index contributed by atoms with van der Waals surface area (Å²) in [6.45, 7) is 3.41. The molecule has 276 valence electrons. The lowest BCUT2D eigenvalue weighted by atomic mass is 10.3. The summed E-state index contributed by atoms with van der Waals surface area (Å²) in [5.41, 5.74) is 0. The highest BCUT2D eigenvalue weighted by atomic mass is 127. The standard InChI is InChI=1S/2C22H20IO3S/c1-17(23)22(24)26-16-25-20-14-8-9-15-21(20)27(18-10-4-2-5-11-18)19-12-6-3-7-13-19;1-17(23)22(24)26-16-25-18-12-14-21(15-13-18)27(19-8-4-2-5-9-19)20-10-6-3-7-11-20/h2*2-15,17H,16H2,1H3/q2*+1. The molecule has 0 N–H and O–H groups in total. The molecule has 0 radical (unpaired) electrons. The highest BCUT2D eigenvalue weighted by Gasteiger charge is 2.32. The van der Waals surface area contributed by atoms with Gasteiger partial charge in [-0.25, -0.2) is 0 Å². The van der Waals surface area contributed by atoms with Gasteiger partial charge in [0.2, 0.25) is 18.5 Å². The highest BCUT2D eigenvalue weighted by Crippen LogP contribution is 2.36. The molecule has 0 amide bonds. The zero-order chi connectivity index (χ0) is 38.1. The molecule has 54 heavy (non-hydrogen) atoms. The third-order valence-corrected chi connectivity index (χ3v) is 13.0. The Kier molecular flexibility index (Phi) is 16.6. The van der Waals surface area contributed by atoms with Crippen molar-refractivity contribution in [2.45, 2.75) is 51.1 Å². The van der Waals surface area contributed by atoms with Crippen molar-refractivity contribution >= 4 is 78.9 Å².